The van der Waals surface area contributed by atoms with E-state index in [1.165, 1.54) is 0 Å². The van der Waals surface area contributed by atoms with E-state index in [9.17, 15) is 15.0 Å². The average molecular weight is 359 g/mol. The number of rotatable bonds is 3. The van der Waals surface area contributed by atoms with Gasteiger partial charge in [-0.25, -0.2) is 4.79 Å². The van der Waals surface area contributed by atoms with Crippen LogP contribution in [0.4, 0.5) is 0 Å². The van der Waals surface area contributed by atoms with Gasteiger partial charge >= 0.3 is 5.97 Å². The number of aliphatic hydroxyl groups excluding tert-OH is 1. The first-order valence-electron chi connectivity index (χ1n) is 9.32. The molecule has 1 aromatic rings. The molecule has 0 aliphatic heterocycles. The molecular formula is C20H25NO5. The Balaban J connectivity index is 1.72. The van der Waals surface area contributed by atoms with Gasteiger partial charge in [-0.2, -0.15) is 0 Å². The molecule has 1 unspecified atom stereocenters. The molecule has 0 aromatic heterocycles. The van der Waals surface area contributed by atoms with Gasteiger partial charge in [-0.1, -0.05) is 18.1 Å². The number of hydrogen-bond acceptors (Lipinski definition) is 5. The predicted molar refractivity (Wildman–Crippen MR) is 95.2 cm³/mol. The highest BCUT2D eigenvalue weighted by Gasteiger charge is 2.55. The Bertz CT molecular complexity index is 761. The van der Waals surface area contributed by atoms with Crippen molar-refractivity contribution in [2.75, 3.05) is 6.61 Å². The topological polar surface area (TPSA) is 99.4 Å². The second-order valence-electron chi connectivity index (χ2n) is 8.20. The van der Waals surface area contributed by atoms with Gasteiger partial charge in [0, 0.05) is 5.56 Å². The molecule has 3 aliphatic carbocycles. The maximum absolute atomic E-state index is 10.7. The lowest BCUT2D eigenvalue weighted by atomic mass is 9.55. The number of fused-ring (bicyclic) bond motifs is 5. The van der Waals surface area contributed by atoms with Crippen molar-refractivity contribution in [3.05, 3.63) is 29.3 Å². The number of carbonyl (C=O) groups is 1. The zero-order valence-corrected chi connectivity index (χ0v) is 14.9. The van der Waals surface area contributed by atoms with Gasteiger partial charge in [-0.3, -0.25) is 0 Å². The predicted octanol–water partition coefficient (Wildman–Crippen LogP) is 2.87. The maximum atomic E-state index is 10.7. The van der Waals surface area contributed by atoms with Crippen molar-refractivity contribution in [3.8, 4) is 5.75 Å². The van der Waals surface area contributed by atoms with Crippen molar-refractivity contribution in [2.24, 2.45) is 22.4 Å². The lowest BCUT2D eigenvalue weighted by Gasteiger charge is -2.50. The first-order chi connectivity index (χ1) is 12.4. The summed E-state index contributed by atoms with van der Waals surface area (Å²) in [5.41, 5.74) is 2.66. The molecule has 0 saturated heterocycles. The summed E-state index contributed by atoms with van der Waals surface area (Å²) in [5.74, 6) is 0.263. The molecule has 0 bridgehead atoms. The van der Waals surface area contributed by atoms with E-state index in [4.69, 9.17) is 9.94 Å². The molecule has 5 atom stereocenters. The van der Waals surface area contributed by atoms with Crippen LogP contribution in [-0.4, -0.2) is 39.7 Å². The Morgan fingerprint density at radius 1 is 1.35 bits per heavy atom. The fourth-order valence-corrected chi connectivity index (χ4v) is 5.63. The number of phenols is 1. The van der Waals surface area contributed by atoms with Crippen molar-refractivity contribution >= 4 is 11.7 Å². The second kappa shape index (κ2) is 6.27. The minimum Gasteiger partial charge on any atom is -0.508 e. The summed E-state index contributed by atoms with van der Waals surface area (Å²) in [4.78, 5) is 15.8. The third-order valence-electron chi connectivity index (χ3n) is 6.93. The average Bonchev–Trinajstić information content (AvgIpc) is 2.90. The van der Waals surface area contributed by atoms with Crippen LogP contribution in [-0.2, 0) is 9.63 Å². The summed E-state index contributed by atoms with van der Waals surface area (Å²) in [7, 11) is 0. The molecule has 2 saturated carbocycles. The number of phenolic OH excluding ortho intramolecular Hbond substituents is 1. The van der Waals surface area contributed by atoms with E-state index >= 15 is 0 Å². The monoisotopic (exact) mass is 359 g/mol. The van der Waals surface area contributed by atoms with Crippen molar-refractivity contribution in [2.45, 2.75) is 51.0 Å². The summed E-state index contributed by atoms with van der Waals surface area (Å²) < 4.78 is 0. The molecule has 6 heteroatoms. The van der Waals surface area contributed by atoms with Gasteiger partial charge in [0.25, 0.3) is 0 Å². The van der Waals surface area contributed by atoms with E-state index in [0.29, 0.717) is 29.9 Å². The molecule has 2 fully saturated rings. The van der Waals surface area contributed by atoms with Crippen LogP contribution in [0.5, 0.6) is 5.75 Å². The van der Waals surface area contributed by atoms with E-state index in [-0.39, 0.29) is 17.3 Å². The molecule has 140 valence electrons. The van der Waals surface area contributed by atoms with E-state index in [1.807, 2.05) is 6.07 Å². The Kier molecular flexibility index (Phi) is 4.18. The van der Waals surface area contributed by atoms with Crippen molar-refractivity contribution < 1.29 is 25.0 Å². The van der Waals surface area contributed by atoms with Crippen LogP contribution in [0.15, 0.2) is 23.4 Å². The van der Waals surface area contributed by atoms with E-state index in [0.717, 1.165) is 36.8 Å². The maximum Gasteiger partial charge on any atom is 0.344 e. The van der Waals surface area contributed by atoms with E-state index < -0.39 is 12.6 Å². The number of oxime groups is 1. The van der Waals surface area contributed by atoms with Crippen LogP contribution in [0.2, 0.25) is 0 Å². The molecule has 1 aromatic carbocycles. The number of hydrogen-bond donors (Lipinski definition) is 3. The van der Waals surface area contributed by atoms with Crippen molar-refractivity contribution in [1.29, 1.82) is 0 Å². The zero-order chi connectivity index (χ0) is 18.5. The molecule has 0 radical (unpaired) electrons. The Morgan fingerprint density at radius 3 is 2.92 bits per heavy atom. The number of carboxylic acid groups (broad SMARTS) is 1. The standard InChI is InChI=1S/C20H25NO5/c1-20-7-6-13-12-3-2-11(22)8-15(12)17(21-26-10-19(24)25)9-14(13)16(20)4-5-18(20)23/h2-3,8,13-14,16,18,22-23H,4-7,9-10H2,1H3,(H,24,25)/b21-17+/t13-,14-,16+,18?,20+/m1/s1. The highest BCUT2D eigenvalue weighted by Crippen LogP contribution is 2.60. The van der Waals surface area contributed by atoms with Crippen LogP contribution >= 0.6 is 0 Å². The summed E-state index contributed by atoms with van der Waals surface area (Å²) in [6, 6.07) is 5.36. The van der Waals surface area contributed by atoms with Gasteiger partial charge in [0.05, 0.1) is 11.8 Å². The van der Waals surface area contributed by atoms with Crippen molar-refractivity contribution in [3.63, 3.8) is 0 Å². The van der Waals surface area contributed by atoms with Crippen LogP contribution < -0.4 is 0 Å². The minimum atomic E-state index is -1.07. The molecule has 3 N–H and O–H groups in total. The fourth-order valence-electron chi connectivity index (χ4n) is 5.63. The molecule has 4 rings (SSSR count). The third-order valence-corrected chi connectivity index (χ3v) is 6.93. The Hall–Kier alpha value is -2.08. The molecule has 0 amide bonds. The highest BCUT2D eigenvalue weighted by molar-refractivity contribution is 6.03. The van der Waals surface area contributed by atoms with Gasteiger partial charge in [-0.15, -0.1) is 0 Å². The first-order valence-corrected chi connectivity index (χ1v) is 9.32. The first kappa shape index (κ1) is 17.3. The lowest BCUT2D eigenvalue weighted by molar-refractivity contribution is -0.142. The summed E-state index contributed by atoms with van der Waals surface area (Å²) in [5, 5.41) is 33.3. The third kappa shape index (κ3) is 2.67. The summed E-state index contributed by atoms with van der Waals surface area (Å²) in [6.07, 6.45) is 4.30. The van der Waals surface area contributed by atoms with Gasteiger partial charge in [0.15, 0.2) is 0 Å². The van der Waals surface area contributed by atoms with E-state index in [1.54, 1.807) is 12.1 Å². The summed E-state index contributed by atoms with van der Waals surface area (Å²) >= 11 is 0. The SMILES string of the molecule is C[C@]12CC[C@@H]3c4ccc(O)cc4/C(=N/OCC(=O)O)C[C@H]3[C@@H]1CCC2O. The number of aromatic hydroxyl groups is 1. The highest BCUT2D eigenvalue weighted by atomic mass is 16.6. The number of nitrogens with zero attached hydrogens (tertiary/aromatic N) is 1. The minimum absolute atomic E-state index is 0.0530. The second-order valence-corrected chi connectivity index (χ2v) is 8.20. The number of benzene rings is 1. The van der Waals surface area contributed by atoms with Gasteiger partial charge in [0.2, 0.25) is 6.61 Å². The zero-order valence-electron chi connectivity index (χ0n) is 14.9. The Labute approximate surface area is 152 Å². The number of aliphatic carboxylic acids is 1. The van der Waals surface area contributed by atoms with Gasteiger partial charge in [-0.05, 0) is 73.0 Å². The number of aliphatic hydroxyl groups is 1. The molecule has 6 nitrogen and oxygen atoms in total. The largest absolute Gasteiger partial charge is 0.508 e. The number of carboxylic acids is 1. The van der Waals surface area contributed by atoms with Crippen LogP contribution in [0, 0.1) is 17.3 Å². The smallest absolute Gasteiger partial charge is 0.344 e. The molecule has 0 spiro atoms. The van der Waals surface area contributed by atoms with Crippen molar-refractivity contribution in [1.82, 2.24) is 0 Å². The van der Waals surface area contributed by atoms with Crippen LogP contribution in [0.25, 0.3) is 0 Å². The fraction of sp³-hybridized carbons (Fsp3) is 0.600. The van der Waals surface area contributed by atoms with Crippen LogP contribution in [0.1, 0.15) is 56.1 Å². The molecular weight excluding hydrogens is 334 g/mol. The molecule has 3 aliphatic rings. The quantitative estimate of drug-likeness (QED) is 0.721. The van der Waals surface area contributed by atoms with Crippen LogP contribution in [0.3, 0.4) is 0 Å². The van der Waals surface area contributed by atoms with E-state index in [2.05, 4.69) is 12.1 Å². The van der Waals surface area contributed by atoms with Gasteiger partial charge < -0.3 is 20.2 Å². The lowest BCUT2D eigenvalue weighted by Crippen LogP contribution is -2.45. The molecule has 26 heavy (non-hydrogen) atoms. The van der Waals surface area contributed by atoms with Gasteiger partial charge in [0.1, 0.15) is 5.75 Å². The summed E-state index contributed by atoms with van der Waals surface area (Å²) in [6.45, 7) is 1.72. The Morgan fingerprint density at radius 2 is 2.15 bits per heavy atom. The normalized spacial score (nSPS) is 36.9. The molecule has 0 heterocycles.